The number of hydrogen-bond donors (Lipinski definition) is 0. The molecule has 0 aliphatic rings. The topological polar surface area (TPSA) is 26.3 Å². The molecule has 2 rings (SSSR count). The molecule has 0 aromatic heterocycles. The van der Waals surface area contributed by atoms with Gasteiger partial charge in [0.15, 0.2) is 0 Å². The predicted octanol–water partition coefficient (Wildman–Crippen LogP) is 5.37. The van der Waals surface area contributed by atoms with Crippen molar-refractivity contribution in [3.8, 4) is 5.75 Å². The monoisotopic (exact) mass is 310 g/mol. The van der Waals surface area contributed by atoms with Crippen LogP contribution in [0.3, 0.4) is 0 Å². The van der Waals surface area contributed by atoms with E-state index in [0.29, 0.717) is 5.75 Å². The normalized spacial score (nSPS) is 12.8. The third kappa shape index (κ3) is 4.01. The lowest BCUT2D eigenvalue weighted by Crippen LogP contribution is -2.17. The van der Waals surface area contributed by atoms with Gasteiger partial charge >= 0.3 is 5.97 Å². The van der Waals surface area contributed by atoms with Crippen molar-refractivity contribution < 1.29 is 9.53 Å². The van der Waals surface area contributed by atoms with Crippen LogP contribution in [0, 0.1) is 6.92 Å². The van der Waals surface area contributed by atoms with Crippen molar-refractivity contribution in [2.45, 2.75) is 52.9 Å². The molecule has 2 aromatic carbocycles. The summed E-state index contributed by atoms with van der Waals surface area (Å²) < 4.78 is 5.66. The molecular weight excluding hydrogens is 284 g/mol. The first-order chi connectivity index (χ1) is 10.7. The van der Waals surface area contributed by atoms with Crippen LogP contribution in [0.5, 0.6) is 5.75 Å². The minimum Gasteiger partial charge on any atom is -0.426 e. The molecule has 0 bridgehead atoms. The molecular formula is C21H26O2. The van der Waals surface area contributed by atoms with Crippen LogP contribution in [0.4, 0.5) is 0 Å². The van der Waals surface area contributed by atoms with Crippen LogP contribution in [0.2, 0.25) is 0 Å². The van der Waals surface area contributed by atoms with E-state index in [4.69, 9.17) is 4.74 Å². The number of hydrogen-bond acceptors (Lipinski definition) is 2. The highest BCUT2D eigenvalue weighted by Gasteiger charge is 2.25. The van der Waals surface area contributed by atoms with Gasteiger partial charge in [-0.05, 0) is 17.9 Å². The summed E-state index contributed by atoms with van der Waals surface area (Å²) in [4.78, 5) is 11.7. The Kier molecular flexibility index (Phi) is 4.93. The lowest BCUT2D eigenvalue weighted by atomic mass is 9.81. The third-order valence-electron chi connectivity index (χ3n) is 4.08. The average molecular weight is 310 g/mol. The Bertz CT molecular complexity index is 694. The lowest BCUT2D eigenvalue weighted by Gasteiger charge is -2.27. The van der Waals surface area contributed by atoms with Crippen molar-refractivity contribution in [2.24, 2.45) is 0 Å². The number of carbonyl (C=O) groups is 1. The molecule has 0 amide bonds. The smallest absolute Gasteiger partial charge is 0.308 e. The van der Waals surface area contributed by atoms with E-state index in [1.807, 2.05) is 18.2 Å². The fraction of sp³-hybridized carbons (Fsp3) is 0.381. The maximum Gasteiger partial charge on any atom is 0.308 e. The van der Waals surface area contributed by atoms with Gasteiger partial charge < -0.3 is 4.74 Å². The molecule has 2 heteroatoms. The Hall–Kier alpha value is -2.09. The average Bonchev–Trinajstić information content (AvgIpc) is 2.47. The Morgan fingerprint density at radius 2 is 1.70 bits per heavy atom. The second-order valence-electron chi connectivity index (χ2n) is 7.21. The molecule has 0 saturated heterocycles. The van der Waals surface area contributed by atoms with E-state index in [1.54, 1.807) is 0 Å². The van der Waals surface area contributed by atoms with Crippen LogP contribution >= 0.6 is 0 Å². The summed E-state index contributed by atoms with van der Waals surface area (Å²) in [6.45, 7) is 12.1. The van der Waals surface area contributed by atoms with Gasteiger partial charge in [0.1, 0.15) is 5.75 Å². The SMILES string of the molecule is CC(=O)Oc1c(C(C)c2ccccc2)cc(C)cc1C(C)(C)C. The highest BCUT2D eigenvalue weighted by molar-refractivity contribution is 5.71. The summed E-state index contributed by atoms with van der Waals surface area (Å²) in [5.41, 5.74) is 4.44. The fourth-order valence-electron chi connectivity index (χ4n) is 2.86. The van der Waals surface area contributed by atoms with E-state index in [2.05, 4.69) is 58.9 Å². The number of carbonyl (C=O) groups excluding carboxylic acids is 1. The number of ether oxygens (including phenoxy) is 1. The molecule has 0 radical (unpaired) electrons. The van der Waals surface area contributed by atoms with Gasteiger partial charge in [-0.3, -0.25) is 4.79 Å². The minimum atomic E-state index is -0.277. The first-order valence-electron chi connectivity index (χ1n) is 8.08. The molecule has 0 N–H and O–H groups in total. The summed E-state index contributed by atoms with van der Waals surface area (Å²) >= 11 is 0. The van der Waals surface area contributed by atoms with Crippen molar-refractivity contribution in [3.63, 3.8) is 0 Å². The number of esters is 1. The Labute approximate surface area is 139 Å². The zero-order valence-corrected chi connectivity index (χ0v) is 14.9. The van der Waals surface area contributed by atoms with Gasteiger partial charge in [-0.1, -0.05) is 75.7 Å². The van der Waals surface area contributed by atoms with Crippen molar-refractivity contribution in [1.82, 2.24) is 0 Å². The highest BCUT2D eigenvalue weighted by atomic mass is 16.5. The molecule has 0 saturated carbocycles. The van der Waals surface area contributed by atoms with Crippen LogP contribution in [0.25, 0.3) is 0 Å². The van der Waals surface area contributed by atoms with Crippen molar-refractivity contribution >= 4 is 5.97 Å². The van der Waals surface area contributed by atoms with Crippen molar-refractivity contribution in [1.29, 1.82) is 0 Å². The van der Waals surface area contributed by atoms with E-state index in [0.717, 1.165) is 11.1 Å². The lowest BCUT2D eigenvalue weighted by molar-refractivity contribution is -0.132. The summed E-state index contributed by atoms with van der Waals surface area (Å²) in [6.07, 6.45) is 0. The Morgan fingerprint density at radius 1 is 1.09 bits per heavy atom. The molecule has 1 unspecified atom stereocenters. The summed E-state index contributed by atoms with van der Waals surface area (Å²) in [7, 11) is 0. The van der Waals surface area contributed by atoms with Crippen LogP contribution in [0.15, 0.2) is 42.5 Å². The quantitative estimate of drug-likeness (QED) is 0.563. The van der Waals surface area contributed by atoms with Crippen molar-refractivity contribution in [3.05, 3.63) is 64.7 Å². The molecule has 2 aromatic rings. The van der Waals surface area contributed by atoms with E-state index in [9.17, 15) is 4.79 Å². The van der Waals surface area contributed by atoms with Gasteiger partial charge in [-0.2, -0.15) is 0 Å². The van der Waals surface area contributed by atoms with Gasteiger partial charge in [0, 0.05) is 24.0 Å². The summed E-state index contributed by atoms with van der Waals surface area (Å²) in [6, 6.07) is 14.6. The second kappa shape index (κ2) is 6.57. The largest absolute Gasteiger partial charge is 0.426 e. The standard InChI is InChI=1S/C21H26O2/c1-14-12-18(15(2)17-10-8-7-9-11-17)20(23-16(3)22)19(13-14)21(4,5)6/h7-13,15H,1-6H3. The highest BCUT2D eigenvalue weighted by Crippen LogP contribution is 2.40. The Balaban J connectivity index is 2.66. The van der Waals surface area contributed by atoms with Crippen LogP contribution in [-0.4, -0.2) is 5.97 Å². The van der Waals surface area contributed by atoms with Crippen molar-refractivity contribution in [2.75, 3.05) is 0 Å². The van der Waals surface area contributed by atoms with Gasteiger partial charge in [0.25, 0.3) is 0 Å². The fourth-order valence-corrected chi connectivity index (χ4v) is 2.86. The molecule has 1 atom stereocenters. The summed E-state index contributed by atoms with van der Waals surface area (Å²) in [5.74, 6) is 0.597. The van der Waals surface area contributed by atoms with E-state index >= 15 is 0 Å². The molecule has 2 nitrogen and oxygen atoms in total. The maximum atomic E-state index is 11.7. The predicted molar refractivity (Wildman–Crippen MR) is 95.1 cm³/mol. The maximum absolute atomic E-state index is 11.7. The van der Waals surface area contributed by atoms with Gasteiger partial charge in [-0.25, -0.2) is 0 Å². The zero-order valence-electron chi connectivity index (χ0n) is 14.9. The molecule has 0 aliphatic carbocycles. The first kappa shape index (κ1) is 17.3. The minimum absolute atomic E-state index is 0.0953. The van der Waals surface area contributed by atoms with E-state index in [-0.39, 0.29) is 17.3 Å². The molecule has 0 fully saturated rings. The molecule has 0 spiro atoms. The van der Waals surface area contributed by atoms with Crippen LogP contribution in [0.1, 0.15) is 62.8 Å². The number of aryl methyl sites for hydroxylation is 1. The molecule has 122 valence electrons. The van der Waals surface area contributed by atoms with E-state index < -0.39 is 0 Å². The first-order valence-corrected chi connectivity index (χ1v) is 8.08. The molecule has 0 aliphatic heterocycles. The Morgan fingerprint density at radius 3 is 2.22 bits per heavy atom. The molecule has 0 heterocycles. The number of benzene rings is 2. The van der Waals surface area contributed by atoms with E-state index in [1.165, 1.54) is 18.1 Å². The van der Waals surface area contributed by atoms with Gasteiger partial charge in [0.2, 0.25) is 0 Å². The van der Waals surface area contributed by atoms with Crippen LogP contribution in [-0.2, 0) is 10.2 Å². The van der Waals surface area contributed by atoms with Gasteiger partial charge in [0.05, 0.1) is 0 Å². The number of rotatable bonds is 3. The second-order valence-corrected chi connectivity index (χ2v) is 7.21. The zero-order chi connectivity index (χ0) is 17.2. The summed E-state index contributed by atoms with van der Waals surface area (Å²) in [5, 5.41) is 0. The molecule has 23 heavy (non-hydrogen) atoms. The van der Waals surface area contributed by atoms with Crippen LogP contribution < -0.4 is 4.74 Å². The van der Waals surface area contributed by atoms with Gasteiger partial charge in [-0.15, -0.1) is 0 Å². The third-order valence-corrected chi connectivity index (χ3v) is 4.08.